The Balaban J connectivity index is 2.55. The van der Waals surface area contributed by atoms with Crippen molar-refractivity contribution in [2.75, 3.05) is 6.61 Å². The SMILES string of the molecule is CCOC(=O)c1cnn(-c2ccccc2)c1C(=O)NC(C)(C(N)=O)C(C)C. The zero-order valence-corrected chi connectivity index (χ0v) is 15.9. The molecular formula is C19H24N4O4. The van der Waals surface area contributed by atoms with Crippen molar-refractivity contribution in [2.24, 2.45) is 11.7 Å². The number of hydrogen-bond donors (Lipinski definition) is 2. The van der Waals surface area contributed by atoms with Crippen molar-refractivity contribution in [1.82, 2.24) is 15.1 Å². The van der Waals surface area contributed by atoms with Gasteiger partial charge >= 0.3 is 5.97 Å². The maximum atomic E-state index is 13.1. The first-order chi connectivity index (χ1) is 12.7. The fourth-order valence-electron chi connectivity index (χ4n) is 2.48. The van der Waals surface area contributed by atoms with Gasteiger partial charge in [-0.15, -0.1) is 0 Å². The van der Waals surface area contributed by atoms with Gasteiger partial charge in [-0.05, 0) is 31.9 Å². The number of hydrogen-bond acceptors (Lipinski definition) is 5. The Morgan fingerprint density at radius 1 is 1.26 bits per heavy atom. The van der Waals surface area contributed by atoms with Crippen molar-refractivity contribution < 1.29 is 19.1 Å². The van der Waals surface area contributed by atoms with Crippen LogP contribution in [0.1, 0.15) is 48.5 Å². The largest absolute Gasteiger partial charge is 0.462 e. The van der Waals surface area contributed by atoms with Crippen LogP contribution in [0.15, 0.2) is 36.5 Å². The van der Waals surface area contributed by atoms with Crippen LogP contribution < -0.4 is 11.1 Å². The van der Waals surface area contributed by atoms with E-state index in [4.69, 9.17) is 10.5 Å². The highest BCUT2D eigenvalue weighted by Crippen LogP contribution is 2.20. The molecule has 27 heavy (non-hydrogen) atoms. The predicted molar refractivity (Wildman–Crippen MR) is 99.4 cm³/mol. The first-order valence-corrected chi connectivity index (χ1v) is 8.65. The van der Waals surface area contributed by atoms with Gasteiger partial charge in [0, 0.05) is 0 Å². The van der Waals surface area contributed by atoms with E-state index in [1.165, 1.54) is 10.9 Å². The minimum absolute atomic E-state index is 0.00813. The van der Waals surface area contributed by atoms with Gasteiger partial charge in [0.25, 0.3) is 5.91 Å². The van der Waals surface area contributed by atoms with Gasteiger partial charge in [-0.2, -0.15) is 5.10 Å². The number of aromatic nitrogens is 2. The smallest absolute Gasteiger partial charge is 0.342 e. The van der Waals surface area contributed by atoms with E-state index in [1.54, 1.807) is 52.0 Å². The minimum atomic E-state index is -1.30. The summed E-state index contributed by atoms with van der Waals surface area (Å²) in [7, 11) is 0. The molecule has 0 aliphatic heterocycles. The second kappa shape index (κ2) is 8.03. The van der Waals surface area contributed by atoms with Gasteiger partial charge in [0.05, 0.1) is 18.5 Å². The zero-order chi connectivity index (χ0) is 20.2. The third-order valence-corrected chi connectivity index (χ3v) is 4.52. The average Bonchev–Trinajstić information content (AvgIpc) is 3.07. The average molecular weight is 372 g/mol. The van der Waals surface area contributed by atoms with Gasteiger partial charge in [-0.25, -0.2) is 9.48 Å². The molecule has 0 aliphatic carbocycles. The molecule has 0 bridgehead atoms. The lowest BCUT2D eigenvalue weighted by Crippen LogP contribution is -2.59. The molecule has 1 atom stereocenters. The van der Waals surface area contributed by atoms with Crippen LogP contribution in [0.2, 0.25) is 0 Å². The fraction of sp³-hybridized carbons (Fsp3) is 0.368. The molecule has 0 fully saturated rings. The van der Waals surface area contributed by atoms with Crippen LogP contribution in [0.5, 0.6) is 0 Å². The van der Waals surface area contributed by atoms with Crippen molar-refractivity contribution >= 4 is 17.8 Å². The Bertz CT molecular complexity index is 845. The Morgan fingerprint density at radius 3 is 2.41 bits per heavy atom. The number of carbonyl (C=O) groups is 3. The van der Waals surface area contributed by atoms with Gasteiger partial charge in [-0.3, -0.25) is 9.59 Å². The Labute approximate surface area is 157 Å². The number of nitrogens with zero attached hydrogens (tertiary/aromatic N) is 2. The van der Waals surface area contributed by atoms with E-state index >= 15 is 0 Å². The molecule has 0 spiro atoms. The first-order valence-electron chi connectivity index (χ1n) is 8.65. The molecule has 1 aromatic heterocycles. The molecule has 3 N–H and O–H groups in total. The lowest BCUT2D eigenvalue weighted by molar-refractivity contribution is -0.125. The molecule has 0 radical (unpaired) electrons. The summed E-state index contributed by atoms with van der Waals surface area (Å²) in [5.41, 5.74) is 4.78. The van der Waals surface area contributed by atoms with E-state index in [9.17, 15) is 14.4 Å². The van der Waals surface area contributed by atoms with E-state index in [-0.39, 0.29) is 23.8 Å². The van der Waals surface area contributed by atoms with Crippen LogP contribution in [0.25, 0.3) is 5.69 Å². The van der Waals surface area contributed by atoms with Gasteiger partial charge in [-0.1, -0.05) is 32.0 Å². The lowest BCUT2D eigenvalue weighted by atomic mass is 9.87. The van der Waals surface area contributed by atoms with Crippen molar-refractivity contribution in [3.8, 4) is 5.69 Å². The maximum Gasteiger partial charge on any atom is 0.342 e. The number of ether oxygens (including phenoxy) is 1. The molecule has 2 amide bonds. The summed E-state index contributed by atoms with van der Waals surface area (Å²) in [5, 5.41) is 6.83. The van der Waals surface area contributed by atoms with Crippen LogP contribution >= 0.6 is 0 Å². The van der Waals surface area contributed by atoms with Gasteiger partial charge < -0.3 is 15.8 Å². The Morgan fingerprint density at radius 2 is 1.89 bits per heavy atom. The molecule has 8 nitrogen and oxygen atoms in total. The van der Waals surface area contributed by atoms with E-state index in [0.717, 1.165) is 0 Å². The molecule has 0 saturated heterocycles. The lowest BCUT2D eigenvalue weighted by Gasteiger charge is -2.31. The number of amides is 2. The van der Waals surface area contributed by atoms with Crippen LogP contribution in [-0.4, -0.2) is 39.7 Å². The normalized spacial score (nSPS) is 13.1. The van der Waals surface area contributed by atoms with E-state index < -0.39 is 23.3 Å². The number of primary amides is 1. The Hall–Kier alpha value is -3.16. The van der Waals surface area contributed by atoms with Crippen molar-refractivity contribution in [3.05, 3.63) is 47.8 Å². The summed E-state index contributed by atoms with van der Waals surface area (Å²) >= 11 is 0. The van der Waals surface area contributed by atoms with Gasteiger partial charge in [0.15, 0.2) is 0 Å². The third kappa shape index (κ3) is 3.99. The second-order valence-electron chi connectivity index (χ2n) is 6.55. The van der Waals surface area contributed by atoms with Gasteiger partial charge in [0.2, 0.25) is 5.91 Å². The Kier molecular flexibility index (Phi) is 5.99. The standard InChI is InChI=1S/C19H24N4O4/c1-5-27-17(25)14-11-21-23(13-9-7-6-8-10-13)15(14)16(24)22-19(4,12(2)3)18(20)26/h6-12H,5H2,1-4H3,(H2,20,26)(H,22,24). The number of carbonyl (C=O) groups excluding carboxylic acids is 3. The zero-order valence-electron chi connectivity index (χ0n) is 15.9. The number of nitrogens with one attached hydrogen (secondary N) is 1. The molecule has 1 unspecified atom stereocenters. The first kappa shape index (κ1) is 20.2. The summed E-state index contributed by atoms with van der Waals surface area (Å²) in [4.78, 5) is 37.3. The van der Waals surface area contributed by atoms with Crippen molar-refractivity contribution in [3.63, 3.8) is 0 Å². The quantitative estimate of drug-likeness (QED) is 0.717. The molecule has 8 heteroatoms. The molecular weight excluding hydrogens is 348 g/mol. The number of para-hydroxylation sites is 1. The highest BCUT2D eigenvalue weighted by molar-refractivity contribution is 6.06. The summed E-state index contributed by atoms with van der Waals surface area (Å²) < 4.78 is 6.37. The summed E-state index contributed by atoms with van der Waals surface area (Å²) in [6, 6.07) is 8.87. The number of esters is 1. The van der Waals surface area contributed by atoms with Gasteiger partial charge in [0.1, 0.15) is 16.8 Å². The number of benzene rings is 1. The van der Waals surface area contributed by atoms with Crippen LogP contribution in [0.4, 0.5) is 0 Å². The molecule has 0 aliphatic rings. The summed E-state index contributed by atoms with van der Waals surface area (Å²) in [6.45, 7) is 6.91. The van der Waals surface area contributed by atoms with Crippen LogP contribution in [-0.2, 0) is 9.53 Å². The van der Waals surface area contributed by atoms with E-state index in [0.29, 0.717) is 5.69 Å². The molecule has 0 saturated carbocycles. The fourth-order valence-corrected chi connectivity index (χ4v) is 2.48. The van der Waals surface area contributed by atoms with E-state index in [2.05, 4.69) is 10.4 Å². The van der Waals surface area contributed by atoms with Crippen LogP contribution in [0.3, 0.4) is 0 Å². The number of nitrogens with two attached hydrogens (primary N) is 1. The van der Waals surface area contributed by atoms with Crippen LogP contribution in [0, 0.1) is 5.92 Å². The minimum Gasteiger partial charge on any atom is -0.462 e. The molecule has 2 aromatic rings. The summed E-state index contributed by atoms with van der Waals surface area (Å²) in [5.74, 6) is -2.25. The monoisotopic (exact) mass is 372 g/mol. The molecule has 144 valence electrons. The highest BCUT2D eigenvalue weighted by Gasteiger charge is 2.38. The maximum absolute atomic E-state index is 13.1. The molecule has 2 rings (SSSR count). The van der Waals surface area contributed by atoms with Crippen molar-refractivity contribution in [1.29, 1.82) is 0 Å². The van der Waals surface area contributed by atoms with E-state index in [1.807, 2.05) is 6.07 Å². The highest BCUT2D eigenvalue weighted by atomic mass is 16.5. The van der Waals surface area contributed by atoms with Crippen molar-refractivity contribution in [2.45, 2.75) is 33.2 Å². The topological polar surface area (TPSA) is 116 Å². The second-order valence-corrected chi connectivity index (χ2v) is 6.55. The number of rotatable bonds is 7. The molecule has 1 aromatic carbocycles. The summed E-state index contributed by atoms with van der Waals surface area (Å²) in [6.07, 6.45) is 1.27. The predicted octanol–water partition coefficient (Wildman–Crippen LogP) is 1.68. The third-order valence-electron chi connectivity index (χ3n) is 4.52. The molecule has 1 heterocycles.